The first-order valence-corrected chi connectivity index (χ1v) is 7.80. The molecule has 3 nitrogen and oxygen atoms in total. The largest absolute Gasteiger partial charge is 0.497 e. The number of benzene rings is 2. The van der Waals surface area contributed by atoms with Gasteiger partial charge in [-0.1, -0.05) is 37.3 Å². The molecular formula is C19H20O3. The van der Waals surface area contributed by atoms with Crippen molar-refractivity contribution in [1.29, 1.82) is 0 Å². The predicted octanol–water partition coefficient (Wildman–Crippen LogP) is 3.82. The molecule has 2 aromatic rings. The molecule has 0 amide bonds. The summed E-state index contributed by atoms with van der Waals surface area (Å²) >= 11 is 0. The molecule has 22 heavy (non-hydrogen) atoms. The van der Waals surface area contributed by atoms with E-state index in [2.05, 4.69) is 43.3 Å². The Morgan fingerprint density at radius 3 is 2.50 bits per heavy atom. The van der Waals surface area contributed by atoms with Crippen LogP contribution in [-0.2, 0) is 9.47 Å². The Hall–Kier alpha value is -1.84. The van der Waals surface area contributed by atoms with E-state index in [9.17, 15) is 0 Å². The Morgan fingerprint density at radius 2 is 1.73 bits per heavy atom. The summed E-state index contributed by atoms with van der Waals surface area (Å²) in [5.74, 6) is 1.44. The summed E-state index contributed by atoms with van der Waals surface area (Å²) in [5.41, 5.74) is 5.28. The van der Waals surface area contributed by atoms with Crippen LogP contribution in [0.3, 0.4) is 0 Å². The number of fused-ring (bicyclic) bond motifs is 3. The van der Waals surface area contributed by atoms with Crippen LogP contribution in [0.15, 0.2) is 42.5 Å². The fourth-order valence-corrected chi connectivity index (χ4v) is 3.76. The highest BCUT2D eigenvalue weighted by molar-refractivity contribution is 5.79. The summed E-state index contributed by atoms with van der Waals surface area (Å²) in [6, 6.07) is 15.0. The van der Waals surface area contributed by atoms with Crippen molar-refractivity contribution in [1.82, 2.24) is 0 Å². The van der Waals surface area contributed by atoms with E-state index in [1.807, 2.05) is 6.07 Å². The molecule has 4 rings (SSSR count). The van der Waals surface area contributed by atoms with Crippen molar-refractivity contribution < 1.29 is 14.2 Å². The molecule has 1 fully saturated rings. The molecule has 1 aliphatic carbocycles. The fourth-order valence-electron chi connectivity index (χ4n) is 3.76. The molecule has 1 aliphatic heterocycles. The Morgan fingerprint density at radius 1 is 1.00 bits per heavy atom. The molecule has 114 valence electrons. The molecular weight excluding hydrogens is 276 g/mol. The van der Waals surface area contributed by atoms with Gasteiger partial charge in [-0.3, -0.25) is 0 Å². The molecule has 2 atom stereocenters. The maximum Gasteiger partial charge on any atom is 0.161 e. The third kappa shape index (κ3) is 2.04. The molecule has 2 aromatic carbocycles. The van der Waals surface area contributed by atoms with Crippen LogP contribution in [0.2, 0.25) is 0 Å². The van der Waals surface area contributed by atoms with Crippen LogP contribution in [-0.4, -0.2) is 26.6 Å². The first-order valence-electron chi connectivity index (χ1n) is 7.80. The van der Waals surface area contributed by atoms with Gasteiger partial charge in [0.1, 0.15) is 5.75 Å². The SMILES string of the molecule is COc1ccc2c(c1)C(C(C)C1OCCO1)c1ccccc1-2. The highest BCUT2D eigenvalue weighted by atomic mass is 16.7. The van der Waals surface area contributed by atoms with Gasteiger partial charge in [-0.25, -0.2) is 0 Å². The van der Waals surface area contributed by atoms with Crippen molar-refractivity contribution in [3.8, 4) is 16.9 Å². The second kappa shape index (κ2) is 5.41. The number of methoxy groups -OCH3 is 1. The topological polar surface area (TPSA) is 27.7 Å². The van der Waals surface area contributed by atoms with Crippen LogP contribution in [0.25, 0.3) is 11.1 Å². The zero-order valence-corrected chi connectivity index (χ0v) is 12.9. The molecule has 3 heteroatoms. The number of ether oxygens (including phenoxy) is 3. The molecule has 2 unspecified atom stereocenters. The molecule has 1 saturated heterocycles. The van der Waals surface area contributed by atoms with Gasteiger partial charge in [-0.15, -0.1) is 0 Å². The minimum atomic E-state index is -0.129. The maximum absolute atomic E-state index is 5.76. The summed E-state index contributed by atoms with van der Waals surface area (Å²) in [4.78, 5) is 0. The number of rotatable bonds is 3. The van der Waals surface area contributed by atoms with E-state index in [0.717, 1.165) is 5.75 Å². The molecule has 1 heterocycles. The lowest BCUT2D eigenvalue weighted by Gasteiger charge is -2.26. The second-order valence-electron chi connectivity index (χ2n) is 5.99. The monoisotopic (exact) mass is 296 g/mol. The average molecular weight is 296 g/mol. The van der Waals surface area contributed by atoms with Crippen LogP contribution in [0.5, 0.6) is 5.75 Å². The van der Waals surface area contributed by atoms with Gasteiger partial charge < -0.3 is 14.2 Å². The fraction of sp³-hybridized carbons (Fsp3) is 0.368. The first kappa shape index (κ1) is 13.8. The van der Waals surface area contributed by atoms with Crippen LogP contribution < -0.4 is 4.74 Å². The van der Waals surface area contributed by atoms with Crippen molar-refractivity contribution in [2.75, 3.05) is 20.3 Å². The number of hydrogen-bond acceptors (Lipinski definition) is 3. The van der Waals surface area contributed by atoms with Gasteiger partial charge in [-0.2, -0.15) is 0 Å². The predicted molar refractivity (Wildman–Crippen MR) is 85.1 cm³/mol. The molecule has 0 aromatic heterocycles. The Balaban J connectivity index is 1.83. The van der Waals surface area contributed by atoms with Gasteiger partial charge in [0.25, 0.3) is 0 Å². The summed E-state index contributed by atoms with van der Waals surface area (Å²) in [5, 5.41) is 0. The zero-order chi connectivity index (χ0) is 15.1. The molecule has 0 radical (unpaired) electrons. The van der Waals surface area contributed by atoms with E-state index >= 15 is 0 Å². The third-order valence-electron chi connectivity index (χ3n) is 4.78. The van der Waals surface area contributed by atoms with E-state index in [0.29, 0.717) is 13.2 Å². The highest BCUT2D eigenvalue weighted by Crippen LogP contribution is 2.50. The van der Waals surface area contributed by atoms with Crippen molar-refractivity contribution >= 4 is 0 Å². The number of hydrogen-bond donors (Lipinski definition) is 0. The third-order valence-corrected chi connectivity index (χ3v) is 4.78. The van der Waals surface area contributed by atoms with Crippen molar-refractivity contribution in [3.05, 3.63) is 53.6 Å². The summed E-state index contributed by atoms with van der Waals surface area (Å²) < 4.78 is 16.9. The molecule has 0 bridgehead atoms. The molecule has 0 spiro atoms. The van der Waals surface area contributed by atoms with Gasteiger partial charge >= 0.3 is 0 Å². The standard InChI is InChI=1S/C19H20O3/c1-12(19-21-9-10-22-19)18-16-6-4-3-5-14(16)15-8-7-13(20-2)11-17(15)18/h3-8,11-12,18-19H,9-10H2,1-2H3. The minimum absolute atomic E-state index is 0.129. The van der Waals surface area contributed by atoms with Gasteiger partial charge in [-0.05, 0) is 34.4 Å². The summed E-state index contributed by atoms with van der Waals surface area (Å²) in [7, 11) is 1.71. The lowest BCUT2D eigenvalue weighted by Crippen LogP contribution is -2.24. The zero-order valence-electron chi connectivity index (χ0n) is 12.9. The van der Waals surface area contributed by atoms with Crippen LogP contribution in [0, 0.1) is 5.92 Å². The van der Waals surface area contributed by atoms with Gasteiger partial charge in [0, 0.05) is 11.8 Å². The van der Waals surface area contributed by atoms with E-state index in [-0.39, 0.29) is 18.1 Å². The quantitative estimate of drug-likeness (QED) is 0.862. The Bertz CT molecular complexity index is 689. The smallest absolute Gasteiger partial charge is 0.161 e. The first-order chi connectivity index (χ1) is 10.8. The molecule has 0 saturated carbocycles. The van der Waals surface area contributed by atoms with Crippen molar-refractivity contribution in [3.63, 3.8) is 0 Å². The lowest BCUT2D eigenvalue weighted by molar-refractivity contribution is -0.0819. The normalized spacial score (nSPS) is 21.5. The van der Waals surface area contributed by atoms with E-state index in [1.165, 1.54) is 22.3 Å². The average Bonchev–Trinajstić information content (AvgIpc) is 3.20. The highest BCUT2D eigenvalue weighted by Gasteiger charge is 2.38. The van der Waals surface area contributed by atoms with E-state index in [1.54, 1.807) is 7.11 Å². The van der Waals surface area contributed by atoms with Gasteiger partial charge in [0.05, 0.1) is 20.3 Å². The Kier molecular flexibility index (Phi) is 3.40. The Labute approximate surface area is 130 Å². The van der Waals surface area contributed by atoms with Crippen LogP contribution in [0.4, 0.5) is 0 Å². The summed E-state index contributed by atoms with van der Waals surface area (Å²) in [6.45, 7) is 3.59. The minimum Gasteiger partial charge on any atom is -0.497 e. The van der Waals surface area contributed by atoms with Gasteiger partial charge in [0.2, 0.25) is 0 Å². The second-order valence-corrected chi connectivity index (χ2v) is 5.99. The lowest BCUT2D eigenvalue weighted by atomic mass is 9.85. The van der Waals surface area contributed by atoms with Crippen LogP contribution >= 0.6 is 0 Å². The van der Waals surface area contributed by atoms with Gasteiger partial charge in [0.15, 0.2) is 6.29 Å². The molecule has 2 aliphatic rings. The van der Waals surface area contributed by atoms with E-state index in [4.69, 9.17) is 14.2 Å². The maximum atomic E-state index is 5.76. The molecule has 0 N–H and O–H groups in total. The summed E-state index contributed by atoms with van der Waals surface area (Å²) in [6.07, 6.45) is -0.129. The van der Waals surface area contributed by atoms with Crippen molar-refractivity contribution in [2.45, 2.75) is 19.1 Å². The van der Waals surface area contributed by atoms with Crippen LogP contribution in [0.1, 0.15) is 24.0 Å². The van der Waals surface area contributed by atoms with E-state index < -0.39 is 0 Å². The van der Waals surface area contributed by atoms with Crippen molar-refractivity contribution in [2.24, 2.45) is 5.92 Å².